The van der Waals surface area contributed by atoms with Crippen LogP contribution in [0.25, 0.3) is 10.9 Å². The molecule has 0 aliphatic carbocycles. The van der Waals surface area contributed by atoms with E-state index in [1.807, 2.05) is 76.2 Å². The Bertz CT molecular complexity index is 1100. The summed E-state index contributed by atoms with van der Waals surface area (Å²) in [4.78, 5) is 16.1. The molecule has 0 unspecified atom stereocenters. The Morgan fingerprint density at radius 2 is 1.86 bits per heavy atom. The molecular weight excluding hydrogens is 444 g/mol. The van der Waals surface area contributed by atoms with Crippen molar-refractivity contribution in [2.75, 3.05) is 37.4 Å². The number of carbonyl (C=O) groups excluding carboxylic acids is 1. The first-order valence-electron chi connectivity index (χ1n) is 11.9. The molecule has 1 heterocycles. The van der Waals surface area contributed by atoms with Gasteiger partial charge in [0.1, 0.15) is 18.0 Å². The summed E-state index contributed by atoms with van der Waals surface area (Å²) in [6.07, 6.45) is 1.98. The summed E-state index contributed by atoms with van der Waals surface area (Å²) in [7, 11) is 0. The molecule has 0 radical (unpaired) electrons. The highest BCUT2D eigenvalue weighted by molar-refractivity contribution is 5.96. The van der Waals surface area contributed by atoms with E-state index in [0.717, 1.165) is 34.3 Å². The fourth-order valence-corrected chi connectivity index (χ4v) is 3.58. The molecule has 2 aromatic carbocycles. The molecule has 8 heteroatoms. The Labute approximate surface area is 207 Å². The molecule has 188 valence electrons. The highest BCUT2D eigenvalue weighted by Crippen LogP contribution is 2.29. The molecule has 3 aromatic rings. The molecule has 1 aromatic heterocycles. The smallest absolute Gasteiger partial charge is 0.407 e. The standard InChI is InChI=1S/C27H36N4O4/c1-5-33-18-20(31-25-22-8-6-7-9-24(22)30-17-23(25)28)16-19-10-12-21(13-11-19)34-15-14-29-26(32)35-27(2,3)4/h6-13,17,20H,5,14-16,18,28H2,1-4H3,(H,29,32)(H,30,31)/t20-/m0/s1. The van der Waals surface area contributed by atoms with E-state index in [-0.39, 0.29) is 6.04 Å². The average molecular weight is 481 g/mol. The molecule has 0 bridgehead atoms. The lowest BCUT2D eigenvalue weighted by atomic mass is 10.0. The second kappa shape index (κ2) is 12.3. The van der Waals surface area contributed by atoms with Crippen LogP contribution in [0, 0.1) is 0 Å². The van der Waals surface area contributed by atoms with Gasteiger partial charge in [-0.1, -0.05) is 30.3 Å². The topological polar surface area (TPSA) is 108 Å². The van der Waals surface area contributed by atoms with Gasteiger partial charge in [-0.15, -0.1) is 0 Å². The predicted molar refractivity (Wildman–Crippen MR) is 140 cm³/mol. The van der Waals surface area contributed by atoms with Crippen LogP contribution in [-0.2, 0) is 15.9 Å². The van der Waals surface area contributed by atoms with Gasteiger partial charge in [-0.05, 0) is 57.9 Å². The number of benzene rings is 2. The summed E-state index contributed by atoms with van der Waals surface area (Å²) < 4.78 is 16.7. The highest BCUT2D eigenvalue weighted by Gasteiger charge is 2.16. The number of aromatic nitrogens is 1. The number of nitrogens with one attached hydrogen (secondary N) is 2. The summed E-state index contributed by atoms with van der Waals surface area (Å²) in [6, 6.07) is 15.9. The third-order valence-corrected chi connectivity index (χ3v) is 5.12. The largest absolute Gasteiger partial charge is 0.492 e. The van der Waals surface area contributed by atoms with Crippen molar-refractivity contribution in [2.24, 2.45) is 0 Å². The summed E-state index contributed by atoms with van der Waals surface area (Å²) in [5, 5.41) is 7.25. The molecule has 3 rings (SSSR count). The molecular formula is C27H36N4O4. The lowest BCUT2D eigenvalue weighted by Gasteiger charge is -2.22. The summed E-state index contributed by atoms with van der Waals surface area (Å²) in [5.41, 5.74) is 9.25. The van der Waals surface area contributed by atoms with Crippen LogP contribution < -0.4 is 21.1 Å². The molecule has 4 N–H and O–H groups in total. The van der Waals surface area contributed by atoms with Gasteiger partial charge < -0.3 is 30.6 Å². The van der Waals surface area contributed by atoms with Gasteiger partial charge in [0.2, 0.25) is 0 Å². The summed E-state index contributed by atoms with van der Waals surface area (Å²) >= 11 is 0. The summed E-state index contributed by atoms with van der Waals surface area (Å²) in [5.74, 6) is 0.735. The molecule has 8 nitrogen and oxygen atoms in total. The van der Waals surface area contributed by atoms with Crippen LogP contribution in [0.3, 0.4) is 0 Å². The normalized spacial score (nSPS) is 12.2. The number of nitrogens with two attached hydrogens (primary N) is 1. The van der Waals surface area contributed by atoms with E-state index in [9.17, 15) is 4.79 Å². The Morgan fingerprint density at radius 1 is 1.11 bits per heavy atom. The summed E-state index contributed by atoms with van der Waals surface area (Å²) in [6.45, 7) is 9.35. The molecule has 0 saturated carbocycles. The van der Waals surface area contributed by atoms with Crippen LogP contribution in [0.5, 0.6) is 5.75 Å². The van der Waals surface area contributed by atoms with E-state index in [1.54, 1.807) is 6.20 Å². The number of hydrogen-bond acceptors (Lipinski definition) is 7. The zero-order valence-electron chi connectivity index (χ0n) is 21.0. The lowest BCUT2D eigenvalue weighted by Crippen LogP contribution is -2.34. The van der Waals surface area contributed by atoms with E-state index in [0.29, 0.717) is 32.1 Å². The Balaban J connectivity index is 1.58. The van der Waals surface area contributed by atoms with Gasteiger partial charge in [-0.2, -0.15) is 0 Å². The molecule has 1 amide bonds. The second-order valence-electron chi connectivity index (χ2n) is 9.23. The first kappa shape index (κ1) is 26.1. The first-order valence-corrected chi connectivity index (χ1v) is 11.9. The number of nitrogen functional groups attached to an aromatic ring is 1. The van der Waals surface area contributed by atoms with E-state index in [4.69, 9.17) is 19.9 Å². The van der Waals surface area contributed by atoms with Crippen LogP contribution in [-0.4, -0.2) is 49.1 Å². The Kier molecular flexibility index (Phi) is 9.14. The SMILES string of the molecule is CCOC[C@H](Cc1ccc(OCCNC(=O)OC(C)(C)C)cc1)Nc1c(N)cnc2ccccc12. The van der Waals surface area contributed by atoms with Crippen molar-refractivity contribution in [1.82, 2.24) is 10.3 Å². The van der Waals surface area contributed by atoms with Gasteiger partial charge in [-0.3, -0.25) is 4.98 Å². The fourth-order valence-electron chi connectivity index (χ4n) is 3.58. The minimum Gasteiger partial charge on any atom is -0.492 e. The molecule has 0 spiro atoms. The Hall–Kier alpha value is -3.52. The number of rotatable bonds is 11. The number of fused-ring (bicyclic) bond motifs is 1. The van der Waals surface area contributed by atoms with Crippen LogP contribution in [0.4, 0.5) is 16.2 Å². The third-order valence-electron chi connectivity index (χ3n) is 5.12. The van der Waals surface area contributed by atoms with Gasteiger partial charge in [0, 0.05) is 12.0 Å². The van der Waals surface area contributed by atoms with E-state index in [1.165, 1.54) is 0 Å². The van der Waals surface area contributed by atoms with Gasteiger partial charge in [0.15, 0.2) is 0 Å². The number of nitrogens with zero attached hydrogens (tertiary/aromatic N) is 1. The number of ether oxygens (including phenoxy) is 3. The fraction of sp³-hybridized carbons (Fsp3) is 0.407. The maximum absolute atomic E-state index is 11.7. The van der Waals surface area contributed by atoms with Gasteiger partial charge >= 0.3 is 6.09 Å². The predicted octanol–water partition coefficient (Wildman–Crippen LogP) is 4.78. The number of hydrogen-bond donors (Lipinski definition) is 3. The molecule has 0 fully saturated rings. The van der Waals surface area contributed by atoms with Gasteiger partial charge in [0.25, 0.3) is 0 Å². The highest BCUT2D eigenvalue weighted by atomic mass is 16.6. The zero-order chi connectivity index (χ0) is 25.3. The van der Waals surface area contributed by atoms with Gasteiger partial charge in [0.05, 0.1) is 42.3 Å². The minimum absolute atomic E-state index is 0.0212. The average Bonchev–Trinajstić information content (AvgIpc) is 2.82. The maximum Gasteiger partial charge on any atom is 0.407 e. The molecule has 0 saturated heterocycles. The lowest BCUT2D eigenvalue weighted by molar-refractivity contribution is 0.0520. The number of amides is 1. The first-order chi connectivity index (χ1) is 16.7. The minimum atomic E-state index is -0.522. The number of pyridine rings is 1. The molecule has 35 heavy (non-hydrogen) atoms. The zero-order valence-corrected chi connectivity index (χ0v) is 21.0. The van der Waals surface area contributed by atoms with Crippen LogP contribution in [0.1, 0.15) is 33.3 Å². The van der Waals surface area contributed by atoms with Crippen molar-refractivity contribution in [3.8, 4) is 5.75 Å². The van der Waals surface area contributed by atoms with Crippen LogP contribution in [0.2, 0.25) is 0 Å². The number of para-hydroxylation sites is 1. The van der Waals surface area contributed by atoms with Gasteiger partial charge in [-0.25, -0.2) is 4.79 Å². The van der Waals surface area contributed by atoms with Crippen LogP contribution in [0.15, 0.2) is 54.7 Å². The van der Waals surface area contributed by atoms with Crippen molar-refractivity contribution in [2.45, 2.75) is 45.8 Å². The van der Waals surface area contributed by atoms with Crippen molar-refractivity contribution in [3.63, 3.8) is 0 Å². The number of alkyl carbamates (subject to hydrolysis) is 1. The van der Waals surface area contributed by atoms with Crippen molar-refractivity contribution in [3.05, 3.63) is 60.3 Å². The van der Waals surface area contributed by atoms with Crippen molar-refractivity contribution >= 4 is 28.4 Å². The maximum atomic E-state index is 11.7. The van der Waals surface area contributed by atoms with Crippen LogP contribution >= 0.6 is 0 Å². The molecule has 0 aliphatic heterocycles. The third kappa shape index (κ3) is 8.33. The number of anilines is 2. The van der Waals surface area contributed by atoms with Crippen molar-refractivity contribution < 1.29 is 19.0 Å². The van der Waals surface area contributed by atoms with E-state index in [2.05, 4.69) is 15.6 Å². The second-order valence-corrected chi connectivity index (χ2v) is 9.23. The van der Waals surface area contributed by atoms with E-state index < -0.39 is 11.7 Å². The van der Waals surface area contributed by atoms with Crippen molar-refractivity contribution in [1.29, 1.82) is 0 Å². The Morgan fingerprint density at radius 3 is 2.57 bits per heavy atom. The quantitative estimate of drug-likeness (QED) is 0.339. The monoisotopic (exact) mass is 480 g/mol. The van der Waals surface area contributed by atoms with E-state index >= 15 is 0 Å². The molecule has 0 aliphatic rings. The molecule has 1 atom stereocenters. The number of carbonyl (C=O) groups is 1.